The van der Waals surface area contributed by atoms with Gasteiger partial charge in [0.2, 0.25) is 5.88 Å². The predicted octanol–water partition coefficient (Wildman–Crippen LogP) is 7.14. The van der Waals surface area contributed by atoms with Crippen LogP contribution in [0.4, 0.5) is 26.3 Å². The first-order valence-corrected chi connectivity index (χ1v) is 13.5. The molecule has 0 aliphatic heterocycles. The maximum absolute atomic E-state index is 15.4. The van der Waals surface area contributed by atoms with Crippen LogP contribution >= 0.6 is 0 Å². The molecule has 0 unspecified atom stereocenters. The van der Waals surface area contributed by atoms with Crippen molar-refractivity contribution in [2.24, 2.45) is 0 Å². The van der Waals surface area contributed by atoms with Gasteiger partial charge in [0, 0.05) is 37.3 Å². The average Bonchev–Trinajstić information content (AvgIpc) is 3.36. The minimum Gasteiger partial charge on any atom is -0.473 e. The highest BCUT2D eigenvalue weighted by atomic mass is 19.4. The third kappa shape index (κ3) is 6.93. The van der Waals surface area contributed by atoms with Crippen molar-refractivity contribution in [3.05, 3.63) is 112 Å². The summed E-state index contributed by atoms with van der Waals surface area (Å²) >= 11 is 0. The molecule has 0 bridgehead atoms. The molecular formula is C32H25F6N3O4. The second-order valence-electron chi connectivity index (χ2n) is 9.92. The number of alkyl halides is 3. The maximum atomic E-state index is 15.4. The van der Waals surface area contributed by atoms with Gasteiger partial charge in [-0.1, -0.05) is 12.1 Å². The highest BCUT2D eigenvalue weighted by Gasteiger charge is 2.31. The average molecular weight is 630 g/mol. The standard InChI is InChI=1S/C32H25F6N3O4/c1-43-11-10-41-28-13-18(31(42)44-2)7-9-27(28)39-29(41)14-20-12-25(35)22(16-24(20)34)26-4-3-5-30(40-26)45-17-19-6-8-21(15-23(19)33)32(36,37)38/h3-9,12-13,15-16H,10-11,14,17H2,1-2H3. The van der Waals surface area contributed by atoms with Crippen LogP contribution in [0, 0.1) is 17.5 Å². The first kappa shape index (κ1) is 31.5. The van der Waals surface area contributed by atoms with E-state index in [1.54, 1.807) is 22.8 Å². The fourth-order valence-electron chi connectivity index (χ4n) is 4.71. The van der Waals surface area contributed by atoms with Crippen molar-refractivity contribution < 1.29 is 45.3 Å². The molecule has 0 fully saturated rings. The fourth-order valence-corrected chi connectivity index (χ4v) is 4.71. The fraction of sp³-hybridized carbons (Fsp3) is 0.219. The van der Waals surface area contributed by atoms with Crippen molar-refractivity contribution in [2.75, 3.05) is 20.8 Å². The van der Waals surface area contributed by atoms with Crippen molar-refractivity contribution in [2.45, 2.75) is 25.7 Å². The molecule has 0 atom stereocenters. The normalized spacial score (nSPS) is 11.6. The Morgan fingerprint density at radius 2 is 1.64 bits per heavy atom. The number of nitrogens with zero attached hydrogens (tertiary/aromatic N) is 3. The number of halogens is 6. The van der Waals surface area contributed by atoms with E-state index in [9.17, 15) is 22.4 Å². The number of aromatic nitrogens is 3. The molecule has 45 heavy (non-hydrogen) atoms. The third-order valence-corrected chi connectivity index (χ3v) is 7.01. The molecule has 0 radical (unpaired) electrons. The summed E-state index contributed by atoms with van der Waals surface area (Å²) in [4.78, 5) is 20.8. The topological polar surface area (TPSA) is 75.5 Å². The molecule has 0 N–H and O–H groups in total. The number of hydrogen-bond donors (Lipinski definition) is 0. The first-order valence-electron chi connectivity index (χ1n) is 13.5. The molecule has 7 nitrogen and oxygen atoms in total. The number of benzene rings is 3. The Morgan fingerprint density at radius 1 is 0.867 bits per heavy atom. The molecule has 0 saturated carbocycles. The highest BCUT2D eigenvalue weighted by molar-refractivity contribution is 5.93. The third-order valence-electron chi connectivity index (χ3n) is 7.01. The van der Waals surface area contributed by atoms with Crippen LogP contribution in [0.1, 0.15) is 32.9 Å². The maximum Gasteiger partial charge on any atom is 0.416 e. The predicted molar refractivity (Wildman–Crippen MR) is 151 cm³/mol. The Hall–Kier alpha value is -4.91. The number of ether oxygens (including phenoxy) is 3. The minimum absolute atomic E-state index is 0.0172. The monoisotopic (exact) mass is 629 g/mol. The quantitative estimate of drug-likeness (QED) is 0.121. The van der Waals surface area contributed by atoms with Gasteiger partial charge in [0.25, 0.3) is 0 Å². The summed E-state index contributed by atoms with van der Waals surface area (Å²) in [5.74, 6) is -2.81. The van der Waals surface area contributed by atoms with Gasteiger partial charge in [-0.25, -0.2) is 27.9 Å². The van der Waals surface area contributed by atoms with Gasteiger partial charge >= 0.3 is 12.1 Å². The van der Waals surface area contributed by atoms with Crippen molar-refractivity contribution in [1.29, 1.82) is 0 Å². The van der Waals surface area contributed by atoms with Crippen molar-refractivity contribution in [3.63, 3.8) is 0 Å². The molecule has 234 valence electrons. The molecule has 13 heteroatoms. The molecule has 0 spiro atoms. The number of carbonyl (C=O) groups is 1. The molecule has 2 aromatic heterocycles. The lowest BCUT2D eigenvalue weighted by Gasteiger charge is -2.12. The van der Waals surface area contributed by atoms with Crippen LogP contribution in [0.2, 0.25) is 0 Å². The van der Waals surface area contributed by atoms with E-state index in [4.69, 9.17) is 14.2 Å². The zero-order valence-corrected chi connectivity index (χ0v) is 23.9. The highest BCUT2D eigenvalue weighted by Crippen LogP contribution is 2.31. The number of fused-ring (bicyclic) bond motifs is 1. The van der Waals surface area contributed by atoms with Crippen LogP contribution < -0.4 is 4.74 Å². The van der Waals surface area contributed by atoms with E-state index >= 15 is 8.78 Å². The SMILES string of the molecule is COCCn1c(Cc2cc(F)c(-c3cccc(OCc4ccc(C(F)(F)F)cc4F)n3)cc2F)nc2ccc(C(=O)OC)cc21. The summed E-state index contributed by atoms with van der Waals surface area (Å²) < 4.78 is 101. The minimum atomic E-state index is -4.69. The van der Waals surface area contributed by atoms with Gasteiger partial charge in [-0.2, -0.15) is 13.2 Å². The molecule has 0 saturated heterocycles. The number of carbonyl (C=O) groups excluding carboxylic acids is 1. The largest absolute Gasteiger partial charge is 0.473 e. The van der Waals surface area contributed by atoms with Gasteiger partial charge in [0.15, 0.2) is 0 Å². The van der Waals surface area contributed by atoms with Crippen LogP contribution in [0.25, 0.3) is 22.3 Å². The number of imidazole rings is 1. The van der Waals surface area contributed by atoms with Crippen LogP contribution in [0.5, 0.6) is 5.88 Å². The number of esters is 1. The van der Waals surface area contributed by atoms with Gasteiger partial charge in [-0.05, 0) is 54.1 Å². The van der Waals surface area contributed by atoms with E-state index in [1.807, 2.05) is 0 Å². The van der Waals surface area contributed by atoms with Crippen molar-refractivity contribution in [1.82, 2.24) is 14.5 Å². The Labute approximate surface area is 253 Å². The van der Waals surface area contributed by atoms with E-state index in [2.05, 4.69) is 9.97 Å². The Balaban J connectivity index is 1.38. The van der Waals surface area contributed by atoms with Gasteiger partial charge in [0.05, 0.1) is 41.6 Å². The summed E-state index contributed by atoms with van der Waals surface area (Å²) in [6, 6.07) is 13.2. The van der Waals surface area contributed by atoms with Gasteiger partial charge < -0.3 is 18.8 Å². The smallest absolute Gasteiger partial charge is 0.416 e. The number of methoxy groups -OCH3 is 2. The summed E-state index contributed by atoms with van der Waals surface area (Å²) in [5.41, 5.74) is 0.0372. The van der Waals surface area contributed by atoms with Crippen LogP contribution in [0.15, 0.2) is 66.7 Å². The van der Waals surface area contributed by atoms with Crippen molar-refractivity contribution >= 4 is 17.0 Å². The number of rotatable bonds is 10. The van der Waals surface area contributed by atoms with E-state index in [-0.39, 0.29) is 34.7 Å². The number of pyridine rings is 1. The van der Waals surface area contributed by atoms with Gasteiger partial charge in [-0.3, -0.25) is 0 Å². The molecular weight excluding hydrogens is 604 g/mol. The molecule has 2 heterocycles. The van der Waals surface area contributed by atoms with E-state index in [0.717, 1.165) is 24.3 Å². The lowest BCUT2D eigenvalue weighted by Crippen LogP contribution is -2.10. The summed E-state index contributed by atoms with van der Waals surface area (Å²) in [6.45, 7) is 0.190. The van der Waals surface area contributed by atoms with Crippen LogP contribution in [-0.4, -0.2) is 41.3 Å². The van der Waals surface area contributed by atoms with E-state index < -0.39 is 41.8 Å². The molecule has 5 aromatic rings. The van der Waals surface area contributed by atoms with Crippen LogP contribution in [0.3, 0.4) is 0 Å². The molecule has 5 rings (SSSR count). The summed E-state index contributed by atoms with van der Waals surface area (Å²) in [6.07, 6.45) is -4.77. The van der Waals surface area contributed by atoms with Gasteiger partial charge in [0.1, 0.15) is 29.9 Å². The number of hydrogen-bond acceptors (Lipinski definition) is 6. The second-order valence-corrected chi connectivity index (χ2v) is 9.92. The molecule has 0 aliphatic carbocycles. The summed E-state index contributed by atoms with van der Waals surface area (Å²) in [7, 11) is 2.79. The molecule has 0 aliphatic rings. The Bertz CT molecular complexity index is 1870. The second kappa shape index (κ2) is 13.0. The Kier molecular flexibility index (Phi) is 9.09. The molecule has 3 aromatic carbocycles. The zero-order valence-electron chi connectivity index (χ0n) is 23.9. The van der Waals surface area contributed by atoms with E-state index in [0.29, 0.717) is 41.6 Å². The molecule has 0 amide bonds. The van der Waals surface area contributed by atoms with E-state index in [1.165, 1.54) is 32.4 Å². The van der Waals surface area contributed by atoms with Crippen molar-refractivity contribution in [3.8, 4) is 17.1 Å². The first-order chi connectivity index (χ1) is 21.5. The lowest BCUT2D eigenvalue weighted by atomic mass is 10.0. The Morgan fingerprint density at radius 3 is 2.36 bits per heavy atom. The van der Waals surface area contributed by atoms with Gasteiger partial charge in [-0.15, -0.1) is 0 Å². The lowest BCUT2D eigenvalue weighted by molar-refractivity contribution is -0.137. The zero-order chi connectivity index (χ0) is 32.3. The summed E-state index contributed by atoms with van der Waals surface area (Å²) in [5, 5.41) is 0. The van der Waals surface area contributed by atoms with Crippen LogP contribution in [-0.2, 0) is 35.2 Å².